The fourth-order valence-electron chi connectivity index (χ4n) is 5.20. The molecule has 0 N–H and O–H groups in total. The molecule has 4 rings (SSSR count). The van der Waals surface area contributed by atoms with E-state index in [1.807, 2.05) is 52.0 Å². The zero-order valence-corrected chi connectivity index (χ0v) is 36.1. The molecule has 0 aliphatic carbocycles. The summed E-state index contributed by atoms with van der Waals surface area (Å²) in [6, 6.07) is 13.6. The van der Waals surface area contributed by atoms with Gasteiger partial charge in [0.1, 0.15) is 0 Å². The van der Waals surface area contributed by atoms with E-state index in [0.717, 1.165) is 44.5 Å². The SMILES string of the molecule is Cc1c(C(C)C)ccc([O-])c1Cl.Cc1c(C(C)C)ccc([O-])c1Cl.Cc1c(C(C)C)ccc([O-])c1Cl.Cc1c(C(C)C)ccc([O-])c1Cl.[Zr+4]. The number of rotatable bonds is 4. The predicted molar refractivity (Wildman–Crippen MR) is 199 cm³/mol. The molecular formula is C40H48Cl4O4Zr. The Labute approximate surface area is 333 Å². The largest absolute Gasteiger partial charge is 4.00 e. The van der Waals surface area contributed by atoms with Gasteiger partial charge in [-0.15, -0.1) is 0 Å². The number of benzene rings is 4. The van der Waals surface area contributed by atoms with Gasteiger partial charge in [0, 0.05) is 20.1 Å². The van der Waals surface area contributed by atoms with Gasteiger partial charge in [-0.05, 0) is 95.9 Å². The van der Waals surface area contributed by atoms with Crippen LogP contribution < -0.4 is 20.4 Å². The summed E-state index contributed by atoms with van der Waals surface area (Å²) in [6.07, 6.45) is 0. The minimum absolute atomic E-state index is 0. The van der Waals surface area contributed by atoms with Crippen LogP contribution >= 0.6 is 46.4 Å². The van der Waals surface area contributed by atoms with Gasteiger partial charge >= 0.3 is 26.2 Å². The van der Waals surface area contributed by atoms with Gasteiger partial charge in [-0.25, -0.2) is 0 Å². The third-order valence-electron chi connectivity index (χ3n) is 8.06. The summed E-state index contributed by atoms with van der Waals surface area (Å²) in [5.41, 5.74) is 8.27. The van der Waals surface area contributed by atoms with Crippen molar-refractivity contribution in [2.45, 2.75) is 107 Å². The first-order valence-corrected chi connectivity index (χ1v) is 17.5. The van der Waals surface area contributed by atoms with Crippen molar-refractivity contribution < 1.29 is 46.6 Å². The van der Waals surface area contributed by atoms with Gasteiger partial charge in [0.15, 0.2) is 0 Å². The van der Waals surface area contributed by atoms with Crippen LogP contribution in [0.4, 0.5) is 0 Å². The first-order chi connectivity index (χ1) is 22.1. The Morgan fingerprint density at radius 2 is 0.490 bits per heavy atom. The molecule has 0 spiro atoms. The van der Waals surface area contributed by atoms with E-state index in [2.05, 4.69) is 55.4 Å². The maximum atomic E-state index is 11.1. The molecule has 0 saturated heterocycles. The zero-order chi connectivity index (χ0) is 37.2. The van der Waals surface area contributed by atoms with Gasteiger partial charge < -0.3 is 20.4 Å². The van der Waals surface area contributed by atoms with Crippen LogP contribution in [0.5, 0.6) is 23.0 Å². The zero-order valence-electron chi connectivity index (χ0n) is 30.6. The van der Waals surface area contributed by atoms with Crippen molar-refractivity contribution in [3.8, 4) is 23.0 Å². The van der Waals surface area contributed by atoms with E-state index in [4.69, 9.17) is 46.4 Å². The summed E-state index contributed by atoms with van der Waals surface area (Å²) in [4.78, 5) is 0. The van der Waals surface area contributed by atoms with Crippen molar-refractivity contribution in [2.24, 2.45) is 0 Å². The molecule has 0 aliphatic heterocycles. The van der Waals surface area contributed by atoms with E-state index < -0.39 is 0 Å². The number of hydrogen-bond donors (Lipinski definition) is 0. The Kier molecular flexibility index (Phi) is 20.7. The monoisotopic (exact) mass is 822 g/mol. The Morgan fingerprint density at radius 1 is 0.347 bits per heavy atom. The summed E-state index contributed by atoms with van der Waals surface area (Å²) in [7, 11) is 0. The van der Waals surface area contributed by atoms with E-state index in [-0.39, 0.29) is 49.2 Å². The standard InChI is InChI=1S/4C10H13ClO.Zr/c4*1-6(2)8-4-5-9(12)10(11)7(8)3;/h4*4-6,12H,1-3H3;/q;;;;+4/p-4. The van der Waals surface area contributed by atoms with Crippen molar-refractivity contribution in [3.63, 3.8) is 0 Å². The maximum absolute atomic E-state index is 11.1. The molecule has 0 unspecified atom stereocenters. The topological polar surface area (TPSA) is 92.2 Å². The fourth-order valence-corrected chi connectivity index (χ4v) is 5.89. The van der Waals surface area contributed by atoms with Crippen LogP contribution in [0.3, 0.4) is 0 Å². The molecule has 0 heterocycles. The average Bonchev–Trinajstić information content (AvgIpc) is 3.00. The van der Waals surface area contributed by atoms with Crippen LogP contribution in [0.1, 0.15) is 124 Å². The van der Waals surface area contributed by atoms with Crippen LogP contribution in [0.25, 0.3) is 0 Å². The van der Waals surface area contributed by atoms with Gasteiger partial charge in [0.05, 0.1) is 0 Å². The smallest absolute Gasteiger partial charge is 0.871 e. The van der Waals surface area contributed by atoms with E-state index in [0.29, 0.717) is 43.8 Å². The molecule has 0 amide bonds. The number of halogens is 4. The maximum Gasteiger partial charge on any atom is 4.00 e. The predicted octanol–water partition coefficient (Wildman–Crippen LogP) is 11.4. The first kappa shape index (κ1) is 47.1. The summed E-state index contributed by atoms with van der Waals surface area (Å²) in [5, 5.41) is 45.8. The molecule has 0 aromatic heterocycles. The molecule has 0 radical (unpaired) electrons. The molecular weight excluding hydrogens is 777 g/mol. The average molecular weight is 826 g/mol. The summed E-state index contributed by atoms with van der Waals surface area (Å²) >= 11 is 23.3. The van der Waals surface area contributed by atoms with Gasteiger partial charge in [-0.3, -0.25) is 0 Å². The second-order valence-corrected chi connectivity index (χ2v) is 14.5. The van der Waals surface area contributed by atoms with Crippen molar-refractivity contribution >= 4 is 46.4 Å². The van der Waals surface area contributed by atoms with Crippen LogP contribution in [-0.4, -0.2) is 0 Å². The summed E-state index contributed by atoms with van der Waals surface area (Å²) in [6.45, 7) is 24.2. The van der Waals surface area contributed by atoms with Crippen LogP contribution in [0.15, 0.2) is 48.5 Å². The summed E-state index contributed by atoms with van der Waals surface area (Å²) in [5.74, 6) is 1.34. The third kappa shape index (κ3) is 13.3. The van der Waals surface area contributed by atoms with E-state index >= 15 is 0 Å². The normalized spacial score (nSPS) is 10.5. The first-order valence-electron chi connectivity index (χ1n) is 16.0. The molecule has 9 heteroatoms. The Morgan fingerprint density at radius 3 is 0.612 bits per heavy atom. The molecule has 0 aliphatic rings. The van der Waals surface area contributed by atoms with Gasteiger partial charge in [-0.1, -0.05) is 173 Å². The molecule has 264 valence electrons. The molecule has 4 nitrogen and oxygen atoms in total. The van der Waals surface area contributed by atoms with E-state index in [1.54, 1.807) is 0 Å². The Hall–Kier alpha value is -1.88. The number of hydrogen-bond acceptors (Lipinski definition) is 4. The minimum atomic E-state index is -0.0847. The van der Waals surface area contributed by atoms with Crippen LogP contribution in [0.2, 0.25) is 20.1 Å². The van der Waals surface area contributed by atoms with E-state index in [9.17, 15) is 20.4 Å². The second kappa shape index (κ2) is 21.5. The Balaban J connectivity index is 0.000000623. The van der Waals surface area contributed by atoms with Crippen molar-refractivity contribution in [1.29, 1.82) is 0 Å². The van der Waals surface area contributed by atoms with Gasteiger partial charge in [0.2, 0.25) is 0 Å². The van der Waals surface area contributed by atoms with Crippen LogP contribution in [0, 0.1) is 27.7 Å². The molecule has 4 aromatic rings. The van der Waals surface area contributed by atoms with Crippen molar-refractivity contribution in [2.75, 3.05) is 0 Å². The fraction of sp³-hybridized carbons (Fsp3) is 0.400. The van der Waals surface area contributed by atoms with Crippen molar-refractivity contribution in [1.82, 2.24) is 0 Å². The molecule has 0 saturated carbocycles. The molecule has 0 atom stereocenters. The van der Waals surface area contributed by atoms with Crippen LogP contribution in [-0.2, 0) is 26.2 Å². The molecule has 0 fully saturated rings. The molecule has 4 aromatic carbocycles. The summed E-state index contributed by atoms with van der Waals surface area (Å²) < 4.78 is 0. The van der Waals surface area contributed by atoms with Gasteiger partial charge in [-0.2, -0.15) is 0 Å². The Bertz CT molecular complexity index is 1420. The second-order valence-electron chi connectivity index (χ2n) is 13.0. The molecule has 49 heavy (non-hydrogen) atoms. The minimum Gasteiger partial charge on any atom is -0.871 e. The van der Waals surface area contributed by atoms with E-state index in [1.165, 1.54) is 24.3 Å². The van der Waals surface area contributed by atoms with Gasteiger partial charge in [0.25, 0.3) is 0 Å². The quantitative estimate of drug-likeness (QED) is 0.205. The van der Waals surface area contributed by atoms with Crippen molar-refractivity contribution in [3.05, 3.63) is 113 Å². The third-order valence-corrected chi connectivity index (χ3v) is 9.94. The molecule has 0 bridgehead atoms.